The molecule has 0 saturated carbocycles. The van der Waals surface area contributed by atoms with Crippen LogP contribution in [0.4, 0.5) is 5.69 Å². The van der Waals surface area contributed by atoms with Gasteiger partial charge < -0.3 is 10.2 Å². The molecule has 0 aliphatic carbocycles. The van der Waals surface area contributed by atoms with Crippen molar-refractivity contribution in [1.29, 1.82) is 0 Å². The topological polar surface area (TPSA) is 52.7 Å². The van der Waals surface area contributed by atoms with Crippen LogP contribution in [0.15, 0.2) is 24.3 Å². The highest BCUT2D eigenvalue weighted by atomic mass is 32.2. The Balaban J connectivity index is 1.82. The molecule has 6 heteroatoms. The fourth-order valence-corrected chi connectivity index (χ4v) is 3.04. The monoisotopic (exact) mass is 349 g/mol. The van der Waals surface area contributed by atoms with Crippen molar-refractivity contribution in [2.75, 3.05) is 50.8 Å². The number of benzene rings is 1. The molecule has 2 rings (SSSR count). The van der Waals surface area contributed by atoms with Gasteiger partial charge in [-0.25, -0.2) is 0 Å². The van der Waals surface area contributed by atoms with Gasteiger partial charge in [0.05, 0.1) is 12.3 Å². The van der Waals surface area contributed by atoms with Crippen molar-refractivity contribution in [1.82, 2.24) is 9.80 Å². The quantitative estimate of drug-likeness (QED) is 0.765. The Morgan fingerprint density at radius 2 is 1.75 bits per heavy atom. The first-order valence-corrected chi connectivity index (χ1v) is 9.44. The molecule has 1 aromatic carbocycles. The molecule has 0 spiro atoms. The summed E-state index contributed by atoms with van der Waals surface area (Å²) in [6, 6.07) is 7.19. The molecule has 0 radical (unpaired) electrons. The van der Waals surface area contributed by atoms with E-state index in [-0.39, 0.29) is 11.7 Å². The lowest BCUT2D eigenvalue weighted by Crippen LogP contribution is -2.46. The highest BCUT2D eigenvalue weighted by molar-refractivity contribution is 8.00. The summed E-state index contributed by atoms with van der Waals surface area (Å²) in [5, 5.41) is 3.30. The molecule has 0 atom stereocenters. The highest BCUT2D eigenvalue weighted by Crippen LogP contribution is 2.13. The lowest BCUT2D eigenvalue weighted by Gasteiger charge is -2.31. The van der Waals surface area contributed by atoms with Crippen LogP contribution in [0.3, 0.4) is 0 Å². The number of rotatable bonds is 7. The van der Waals surface area contributed by atoms with Gasteiger partial charge in [0.25, 0.3) is 0 Å². The number of ketones is 1. The van der Waals surface area contributed by atoms with Gasteiger partial charge in [-0.15, -0.1) is 11.8 Å². The Morgan fingerprint density at radius 1 is 1.12 bits per heavy atom. The molecule has 1 amide bonds. The molecule has 0 unspecified atom stereocenters. The van der Waals surface area contributed by atoms with Gasteiger partial charge in [-0.1, -0.05) is 13.8 Å². The molecule has 0 bridgehead atoms. The van der Waals surface area contributed by atoms with E-state index in [2.05, 4.69) is 36.0 Å². The lowest BCUT2D eigenvalue weighted by molar-refractivity contribution is -0.113. The first kappa shape index (κ1) is 19.0. The van der Waals surface area contributed by atoms with Crippen molar-refractivity contribution in [3.63, 3.8) is 0 Å². The van der Waals surface area contributed by atoms with Gasteiger partial charge in [0.1, 0.15) is 0 Å². The number of likely N-dealkylation sites (N-methyl/N-ethyl adjacent to an activating group) is 1. The van der Waals surface area contributed by atoms with E-state index in [1.165, 1.54) is 0 Å². The largest absolute Gasteiger partial charge is 0.325 e. The van der Waals surface area contributed by atoms with Gasteiger partial charge in [-0.05, 0) is 36.6 Å². The summed E-state index contributed by atoms with van der Waals surface area (Å²) in [5.41, 5.74) is 1.43. The summed E-state index contributed by atoms with van der Waals surface area (Å²) in [7, 11) is 2.10. The SMILES string of the molecule is CC(C)SCC(=O)Nc1ccc(C(=O)CN2CCN(C)CC2)cc1. The second-order valence-electron chi connectivity index (χ2n) is 6.49. The molecule has 1 fully saturated rings. The van der Waals surface area contributed by atoms with Crippen LogP contribution in [0, 0.1) is 0 Å². The number of piperazine rings is 1. The van der Waals surface area contributed by atoms with Crippen molar-refractivity contribution < 1.29 is 9.59 Å². The maximum atomic E-state index is 12.4. The van der Waals surface area contributed by atoms with Crippen LogP contribution in [0.5, 0.6) is 0 Å². The molecule has 1 N–H and O–H groups in total. The van der Waals surface area contributed by atoms with Gasteiger partial charge in [-0.3, -0.25) is 14.5 Å². The van der Waals surface area contributed by atoms with Crippen LogP contribution in [0.2, 0.25) is 0 Å². The number of Topliss-reactive ketones (excluding diaryl/α,β-unsaturated/α-hetero) is 1. The summed E-state index contributed by atoms with van der Waals surface area (Å²) >= 11 is 1.61. The number of hydrogen-bond acceptors (Lipinski definition) is 5. The minimum absolute atomic E-state index is 0.00906. The number of amides is 1. The third kappa shape index (κ3) is 6.26. The molecular weight excluding hydrogens is 322 g/mol. The van der Waals surface area contributed by atoms with Gasteiger partial charge in [0, 0.05) is 37.4 Å². The predicted octanol–water partition coefficient (Wildman–Crippen LogP) is 2.20. The van der Waals surface area contributed by atoms with Crippen molar-refractivity contribution in [2.24, 2.45) is 0 Å². The van der Waals surface area contributed by atoms with Crippen molar-refractivity contribution in [2.45, 2.75) is 19.1 Å². The lowest BCUT2D eigenvalue weighted by atomic mass is 10.1. The first-order chi connectivity index (χ1) is 11.4. The predicted molar refractivity (Wildman–Crippen MR) is 101 cm³/mol. The Hall–Kier alpha value is -1.37. The van der Waals surface area contributed by atoms with Crippen LogP contribution in [0.25, 0.3) is 0 Å². The smallest absolute Gasteiger partial charge is 0.234 e. The second-order valence-corrected chi connectivity index (χ2v) is 8.05. The zero-order valence-corrected chi connectivity index (χ0v) is 15.6. The first-order valence-electron chi connectivity index (χ1n) is 8.39. The van der Waals surface area contributed by atoms with Gasteiger partial charge in [0.15, 0.2) is 5.78 Å². The Bertz CT molecular complexity index is 552. The van der Waals surface area contributed by atoms with Crippen LogP contribution in [0.1, 0.15) is 24.2 Å². The Kier molecular flexibility index (Phi) is 7.27. The Labute approximate surface area is 148 Å². The van der Waals surface area contributed by atoms with E-state index in [0.717, 1.165) is 31.9 Å². The fourth-order valence-electron chi connectivity index (χ4n) is 2.48. The van der Waals surface area contributed by atoms with Gasteiger partial charge >= 0.3 is 0 Å². The molecule has 5 nitrogen and oxygen atoms in total. The molecule has 1 saturated heterocycles. The van der Waals surface area contributed by atoms with Crippen molar-refractivity contribution in [3.05, 3.63) is 29.8 Å². The minimum atomic E-state index is -0.00906. The maximum absolute atomic E-state index is 12.4. The molecule has 24 heavy (non-hydrogen) atoms. The van der Waals surface area contributed by atoms with E-state index in [4.69, 9.17) is 0 Å². The third-order valence-electron chi connectivity index (χ3n) is 4.00. The molecule has 1 heterocycles. The number of anilines is 1. The number of carbonyl (C=O) groups is 2. The number of nitrogens with one attached hydrogen (secondary N) is 1. The zero-order chi connectivity index (χ0) is 17.5. The van der Waals surface area contributed by atoms with E-state index in [1.807, 2.05) is 0 Å². The molecular formula is C18H27N3O2S. The van der Waals surface area contributed by atoms with E-state index < -0.39 is 0 Å². The standard InChI is InChI=1S/C18H27N3O2S/c1-14(2)24-13-18(23)19-16-6-4-15(5-7-16)17(22)12-21-10-8-20(3)9-11-21/h4-7,14H,8-13H2,1-3H3,(H,19,23). The van der Waals surface area contributed by atoms with E-state index in [0.29, 0.717) is 23.1 Å². The van der Waals surface area contributed by atoms with E-state index in [1.54, 1.807) is 36.0 Å². The molecule has 0 aromatic heterocycles. The molecule has 1 aliphatic heterocycles. The second kappa shape index (κ2) is 9.20. The normalized spacial score (nSPS) is 16.3. The molecule has 1 aromatic rings. The number of nitrogens with zero attached hydrogens (tertiary/aromatic N) is 2. The average molecular weight is 350 g/mol. The fraction of sp³-hybridized carbons (Fsp3) is 0.556. The average Bonchev–Trinajstić information content (AvgIpc) is 2.55. The summed E-state index contributed by atoms with van der Waals surface area (Å²) in [4.78, 5) is 28.6. The number of carbonyl (C=O) groups excluding carboxylic acids is 2. The van der Waals surface area contributed by atoms with Gasteiger partial charge in [-0.2, -0.15) is 0 Å². The Morgan fingerprint density at radius 3 is 2.33 bits per heavy atom. The summed E-state index contributed by atoms with van der Waals surface area (Å²) in [6.07, 6.45) is 0. The van der Waals surface area contributed by atoms with Crippen LogP contribution < -0.4 is 5.32 Å². The zero-order valence-electron chi connectivity index (χ0n) is 14.7. The van der Waals surface area contributed by atoms with Crippen LogP contribution in [-0.2, 0) is 4.79 Å². The highest BCUT2D eigenvalue weighted by Gasteiger charge is 2.17. The van der Waals surface area contributed by atoms with Crippen molar-refractivity contribution in [3.8, 4) is 0 Å². The van der Waals surface area contributed by atoms with E-state index in [9.17, 15) is 9.59 Å². The number of hydrogen-bond donors (Lipinski definition) is 1. The summed E-state index contributed by atoms with van der Waals surface area (Å²) < 4.78 is 0. The molecule has 132 valence electrons. The minimum Gasteiger partial charge on any atom is -0.325 e. The summed E-state index contributed by atoms with van der Waals surface area (Å²) in [6.45, 7) is 8.48. The molecule has 1 aliphatic rings. The summed E-state index contributed by atoms with van der Waals surface area (Å²) in [5.74, 6) is 0.569. The van der Waals surface area contributed by atoms with Crippen LogP contribution >= 0.6 is 11.8 Å². The third-order valence-corrected chi connectivity index (χ3v) is 5.10. The van der Waals surface area contributed by atoms with Crippen molar-refractivity contribution >= 4 is 29.1 Å². The maximum Gasteiger partial charge on any atom is 0.234 e. The number of thioether (sulfide) groups is 1. The van der Waals surface area contributed by atoms with E-state index >= 15 is 0 Å². The van der Waals surface area contributed by atoms with Gasteiger partial charge in [0.2, 0.25) is 5.91 Å². The van der Waals surface area contributed by atoms with Crippen LogP contribution in [-0.4, -0.2) is 72.3 Å².